The summed E-state index contributed by atoms with van der Waals surface area (Å²) in [6.45, 7) is 2.30. The minimum Gasteiger partial charge on any atom is -0.469 e. The van der Waals surface area contributed by atoms with Crippen LogP contribution in [-0.4, -0.2) is 37.1 Å². The fraction of sp³-hybridized carbons (Fsp3) is 0.947. The molecule has 4 atom stereocenters. The number of fused-ring (bicyclic) bond motifs is 2. The summed E-state index contributed by atoms with van der Waals surface area (Å²) in [6, 6.07) is 1.15. The molecular weight excluding hydrogens is 274 g/mol. The summed E-state index contributed by atoms with van der Waals surface area (Å²) in [6.07, 6.45) is 11.8. The van der Waals surface area contributed by atoms with E-state index < -0.39 is 0 Å². The van der Waals surface area contributed by atoms with Crippen molar-refractivity contribution < 1.29 is 9.53 Å². The number of piperidine rings is 1. The maximum Gasteiger partial charge on any atom is 0.310 e. The maximum atomic E-state index is 12.5. The lowest BCUT2D eigenvalue weighted by Crippen LogP contribution is -2.52. The number of carbonyl (C=O) groups is 1. The van der Waals surface area contributed by atoms with Crippen LogP contribution in [0.4, 0.5) is 0 Å². The van der Waals surface area contributed by atoms with E-state index in [2.05, 4.69) is 18.9 Å². The highest BCUT2D eigenvalue weighted by molar-refractivity contribution is 5.74. The molecule has 0 aromatic rings. The van der Waals surface area contributed by atoms with E-state index >= 15 is 0 Å². The van der Waals surface area contributed by atoms with Crippen molar-refractivity contribution in [2.24, 2.45) is 23.7 Å². The van der Waals surface area contributed by atoms with Gasteiger partial charge in [0.05, 0.1) is 13.0 Å². The van der Waals surface area contributed by atoms with E-state index in [9.17, 15) is 4.79 Å². The van der Waals surface area contributed by atoms with Gasteiger partial charge in [-0.3, -0.25) is 9.69 Å². The second kappa shape index (κ2) is 6.90. The van der Waals surface area contributed by atoms with Crippen molar-refractivity contribution in [2.45, 2.75) is 76.8 Å². The van der Waals surface area contributed by atoms with Gasteiger partial charge in [0, 0.05) is 12.1 Å². The molecule has 1 saturated carbocycles. The fourth-order valence-electron chi connectivity index (χ4n) is 5.77. The van der Waals surface area contributed by atoms with Gasteiger partial charge in [-0.05, 0) is 56.9 Å². The number of esters is 1. The third-order valence-electron chi connectivity index (χ3n) is 6.98. The normalized spacial score (nSPS) is 42.3. The summed E-state index contributed by atoms with van der Waals surface area (Å²) in [4.78, 5) is 14.9. The molecule has 1 aliphatic carbocycles. The van der Waals surface area contributed by atoms with E-state index in [1.165, 1.54) is 57.8 Å². The van der Waals surface area contributed by atoms with Crippen LogP contribution in [0.1, 0.15) is 64.7 Å². The molecule has 3 rings (SSSR count). The molecule has 3 aliphatic rings. The molecule has 3 heteroatoms. The number of hydrogen-bond donors (Lipinski definition) is 0. The van der Waals surface area contributed by atoms with Gasteiger partial charge in [0.2, 0.25) is 0 Å². The molecule has 3 fully saturated rings. The minimum absolute atomic E-state index is 0.0536. The molecule has 0 N–H and O–H groups in total. The zero-order valence-corrected chi connectivity index (χ0v) is 14.6. The molecular formula is C19H33NO2. The first-order valence-corrected chi connectivity index (χ1v) is 9.45. The molecule has 3 nitrogen and oxygen atoms in total. The highest BCUT2D eigenvalue weighted by Gasteiger charge is 2.51. The lowest BCUT2D eigenvalue weighted by molar-refractivity contribution is -0.154. The van der Waals surface area contributed by atoms with Crippen molar-refractivity contribution in [2.75, 3.05) is 14.2 Å². The largest absolute Gasteiger partial charge is 0.469 e. The SMILES string of the molecule is CCCC1CCC([C@H]2C[C@H]3CCC(C2C(=O)OC)N3C)CC1. The Kier molecular flexibility index (Phi) is 5.11. The molecule has 2 saturated heterocycles. The molecule has 0 aromatic carbocycles. The predicted molar refractivity (Wildman–Crippen MR) is 88.5 cm³/mol. The Bertz CT molecular complexity index is 389. The van der Waals surface area contributed by atoms with Crippen LogP contribution in [0.15, 0.2) is 0 Å². The molecule has 2 unspecified atom stereocenters. The van der Waals surface area contributed by atoms with Crippen molar-refractivity contribution >= 4 is 5.97 Å². The second-order valence-corrected chi connectivity index (χ2v) is 7.98. The summed E-state index contributed by atoms with van der Waals surface area (Å²) in [5, 5.41) is 0. The average molecular weight is 307 g/mol. The number of rotatable bonds is 4. The van der Waals surface area contributed by atoms with Crippen LogP contribution in [0.3, 0.4) is 0 Å². The Morgan fingerprint density at radius 3 is 2.50 bits per heavy atom. The summed E-state index contributed by atoms with van der Waals surface area (Å²) >= 11 is 0. The molecule has 0 radical (unpaired) electrons. The van der Waals surface area contributed by atoms with Gasteiger partial charge in [-0.25, -0.2) is 0 Å². The van der Waals surface area contributed by atoms with Crippen LogP contribution in [-0.2, 0) is 9.53 Å². The van der Waals surface area contributed by atoms with Crippen molar-refractivity contribution in [3.63, 3.8) is 0 Å². The van der Waals surface area contributed by atoms with Crippen LogP contribution in [0.2, 0.25) is 0 Å². The smallest absolute Gasteiger partial charge is 0.310 e. The Morgan fingerprint density at radius 1 is 1.14 bits per heavy atom. The van der Waals surface area contributed by atoms with Gasteiger partial charge >= 0.3 is 5.97 Å². The predicted octanol–water partition coefficient (Wildman–Crippen LogP) is 3.86. The van der Waals surface area contributed by atoms with E-state index in [-0.39, 0.29) is 11.9 Å². The lowest BCUT2D eigenvalue weighted by atomic mass is 9.66. The summed E-state index contributed by atoms with van der Waals surface area (Å²) in [7, 11) is 3.78. The number of hydrogen-bond acceptors (Lipinski definition) is 3. The fourth-order valence-corrected chi connectivity index (χ4v) is 5.77. The highest BCUT2D eigenvalue weighted by Crippen LogP contribution is 2.48. The van der Waals surface area contributed by atoms with Gasteiger partial charge in [0.25, 0.3) is 0 Å². The standard InChI is InChI=1S/C19H33NO2/c1-4-5-13-6-8-14(9-7-13)16-12-15-10-11-17(20(15)2)18(16)19(21)22-3/h13-18H,4-12H2,1-3H3/t13?,14?,15-,16-,17?,18?/m1/s1. The van der Waals surface area contributed by atoms with Crippen molar-refractivity contribution in [3.8, 4) is 0 Å². The first-order valence-electron chi connectivity index (χ1n) is 9.45. The van der Waals surface area contributed by atoms with Crippen molar-refractivity contribution in [1.82, 2.24) is 4.90 Å². The average Bonchev–Trinajstić information content (AvgIpc) is 2.77. The van der Waals surface area contributed by atoms with Crippen LogP contribution in [0.5, 0.6) is 0 Å². The quantitative estimate of drug-likeness (QED) is 0.739. The van der Waals surface area contributed by atoms with E-state index in [4.69, 9.17) is 4.74 Å². The lowest BCUT2D eigenvalue weighted by Gasteiger charge is -2.46. The van der Waals surface area contributed by atoms with Gasteiger partial charge in [0.15, 0.2) is 0 Å². The van der Waals surface area contributed by atoms with Gasteiger partial charge < -0.3 is 4.74 Å². The first-order chi connectivity index (χ1) is 10.7. The molecule has 0 aromatic heterocycles. The number of ether oxygens (including phenoxy) is 1. The van der Waals surface area contributed by atoms with Crippen molar-refractivity contribution in [3.05, 3.63) is 0 Å². The molecule has 126 valence electrons. The topological polar surface area (TPSA) is 29.5 Å². The number of nitrogens with zero attached hydrogens (tertiary/aromatic N) is 1. The highest BCUT2D eigenvalue weighted by atomic mass is 16.5. The van der Waals surface area contributed by atoms with Crippen LogP contribution >= 0.6 is 0 Å². The molecule has 2 heterocycles. The van der Waals surface area contributed by atoms with Gasteiger partial charge in [-0.1, -0.05) is 32.6 Å². The molecule has 22 heavy (non-hydrogen) atoms. The van der Waals surface area contributed by atoms with Crippen LogP contribution in [0, 0.1) is 23.7 Å². The summed E-state index contributed by atoms with van der Waals surface area (Å²) < 4.78 is 5.20. The van der Waals surface area contributed by atoms with Gasteiger partial charge in [0.1, 0.15) is 0 Å². The third kappa shape index (κ3) is 2.93. The molecule has 0 spiro atoms. The van der Waals surface area contributed by atoms with Gasteiger partial charge in [-0.15, -0.1) is 0 Å². The Morgan fingerprint density at radius 2 is 1.86 bits per heavy atom. The van der Waals surface area contributed by atoms with E-state index in [0.29, 0.717) is 18.0 Å². The molecule has 0 amide bonds. The third-order valence-corrected chi connectivity index (χ3v) is 6.98. The van der Waals surface area contributed by atoms with E-state index in [0.717, 1.165) is 11.8 Å². The van der Waals surface area contributed by atoms with E-state index in [1.807, 2.05) is 0 Å². The Balaban J connectivity index is 1.70. The summed E-state index contributed by atoms with van der Waals surface area (Å²) in [5.74, 6) is 2.46. The van der Waals surface area contributed by atoms with Gasteiger partial charge in [-0.2, -0.15) is 0 Å². The van der Waals surface area contributed by atoms with E-state index in [1.54, 1.807) is 7.11 Å². The second-order valence-electron chi connectivity index (χ2n) is 7.98. The van der Waals surface area contributed by atoms with Crippen molar-refractivity contribution in [1.29, 1.82) is 0 Å². The van der Waals surface area contributed by atoms with Crippen LogP contribution in [0.25, 0.3) is 0 Å². The summed E-state index contributed by atoms with van der Waals surface area (Å²) in [5.41, 5.74) is 0. The Hall–Kier alpha value is -0.570. The van der Waals surface area contributed by atoms with Crippen LogP contribution < -0.4 is 0 Å². The number of carbonyl (C=O) groups excluding carboxylic acids is 1. The molecule has 2 bridgehead atoms. The minimum atomic E-state index is 0.0536. The zero-order valence-electron chi connectivity index (χ0n) is 14.6. The monoisotopic (exact) mass is 307 g/mol. The number of methoxy groups -OCH3 is 1. The Labute approximate surface area is 135 Å². The molecule has 2 aliphatic heterocycles. The first kappa shape index (κ1) is 16.3. The maximum absolute atomic E-state index is 12.5. The zero-order chi connectivity index (χ0) is 15.7.